The maximum absolute atomic E-state index is 11.3. The molecular weight excluding hydrogens is 270 g/mol. The van der Waals surface area contributed by atoms with Gasteiger partial charge in [-0.2, -0.15) is 0 Å². The SMILES string of the molecule is CS(=O)(=O)CC(=O)NCc1cccc(C(N)=NO)c1. The molecule has 1 aromatic carbocycles. The van der Waals surface area contributed by atoms with Crippen LogP contribution < -0.4 is 11.1 Å². The lowest BCUT2D eigenvalue weighted by atomic mass is 10.1. The topological polar surface area (TPSA) is 122 Å². The highest BCUT2D eigenvalue weighted by molar-refractivity contribution is 7.91. The van der Waals surface area contributed by atoms with Crippen LogP contribution in [0.1, 0.15) is 11.1 Å². The molecule has 0 aliphatic carbocycles. The Morgan fingerprint density at radius 3 is 2.74 bits per heavy atom. The molecule has 4 N–H and O–H groups in total. The van der Waals surface area contributed by atoms with Gasteiger partial charge >= 0.3 is 0 Å². The molecule has 1 amide bonds. The van der Waals surface area contributed by atoms with Crippen LogP contribution in [-0.2, 0) is 21.2 Å². The standard InChI is InChI=1S/C11H15N3O4S/c1-19(17,18)7-10(15)13-6-8-3-2-4-9(5-8)11(12)14-16/h2-5,16H,6-7H2,1H3,(H2,12,14)(H,13,15). The van der Waals surface area contributed by atoms with Crippen molar-refractivity contribution in [1.29, 1.82) is 0 Å². The quantitative estimate of drug-likeness (QED) is 0.290. The van der Waals surface area contributed by atoms with Gasteiger partial charge in [0.05, 0.1) is 0 Å². The van der Waals surface area contributed by atoms with Crippen molar-refractivity contribution in [2.75, 3.05) is 12.0 Å². The third-order valence-electron chi connectivity index (χ3n) is 2.21. The molecule has 0 aliphatic heterocycles. The van der Waals surface area contributed by atoms with Gasteiger partial charge in [-0.3, -0.25) is 4.79 Å². The highest BCUT2D eigenvalue weighted by Gasteiger charge is 2.10. The van der Waals surface area contributed by atoms with Crippen molar-refractivity contribution in [1.82, 2.24) is 5.32 Å². The molecule has 0 atom stereocenters. The average molecular weight is 285 g/mol. The van der Waals surface area contributed by atoms with E-state index in [0.29, 0.717) is 11.1 Å². The number of amides is 1. The van der Waals surface area contributed by atoms with Crippen molar-refractivity contribution in [3.8, 4) is 0 Å². The van der Waals surface area contributed by atoms with E-state index in [0.717, 1.165) is 6.26 Å². The van der Waals surface area contributed by atoms with Crippen LogP contribution >= 0.6 is 0 Å². The van der Waals surface area contributed by atoms with Crippen LogP contribution in [0.2, 0.25) is 0 Å². The average Bonchev–Trinajstić information content (AvgIpc) is 2.34. The van der Waals surface area contributed by atoms with Crippen molar-refractivity contribution >= 4 is 21.6 Å². The highest BCUT2D eigenvalue weighted by Crippen LogP contribution is 2.05. The molecule has 0 radical (unpaired) electrons. The van der Waals surface area contributed by atoms with E-state index in [-0.39, 0.29) is 12.4 Å². The number of carbonyl (C=O) groups is 1. The largest absolute Gasteiger partial charge is 0.409 e. The zero-order valence-electron chi connectivity index (χ0n) is 10.3. The summed E-state index contributed by atoms with van der Waals surface area (Å²) in [5.74, 6) is -1.16. The Bertz CT molecular complexity index is 596. The van der Waals surface area contributed by atoms with Gasteiger partial charge in [0.2, 0.25) is 5.91 Å². The van der Waals surface area contributed by atoms with Crippen LogP contribution in [0.3, 0.4) is 0 Å². The predicted octanol–water partition coefficient (Wildman–Crippen LogP) is -0.558. The normalized spacial score (nSPS) is 12.2. The van der Waals surface area contributed by atoms with Gasteiger partial charge in [0, 0.05) is 18.4 Å². The molecule has 1 aromatic rings. The second-order valence-corrected chi connectivity index (χ2v) is 6.17. The van der Waals surface area contributed by atoms with Crippen molar-refractivity contribution in [3.05, 3.63) is 35.4 Å². The molecule has 104 valence electrons. The van der Waals surface area contributed by atoms with Crippen LogP contribution in [0.5, 0.6) is 0 Å². The maximum atomic E-state index is 11.3. The number of sulfone groups is 1. The van der Waals surface area contributed by atoms with E-state index in [1.807, 2.05) is 0 Å². The monoisotopic (exact) mass is 285 g/mol. The first-order chi connectivity index (χ1) is 8.81. The van der Waals surface area contributed by atoms with Gasteiger partial charge in [-0.25, -0.2) is 8.42 Å². The molecule has 0 spiro atoms. The molecule has 0 saturated heterocycles. The summed E-state index contributed by atoms with van der Waals surface area (Å²) in [6, 6.07) is 6.70. The molecular formula is C11H15N3O4S. The number of hydrogen-bond donors (Lipinski definition) is 3. The van der Waals surface area contributed by atoms with Crippen molar-refractivity contribution in [2.24, 2.45) is 10.9 Å². The van der Waals surface area contributed by atoms with Crippen LogP contribution in [0.25, 0.3) is 0 Å². The first-order valence-corrected chi connectivity index (χ1v) is 7.39. The lowest BCUT2D eigenvalue weighted by Gasteiger charge is -2.06. The van der Waals surface area contributed by atoms with Gasteiger partial charge < -0.3 is 16.3 Å². The third-order valence-corrected chi connectivity index (χ3v) is 3.00. The Labute approximate surface area is 111 Å². The van der Waals surface area contributed by atoms with Crippen LogP contribution in [0, 0.1) is 0 Å². The van der Waals surface area contributed by atoms with Gasteiger partial charge in [0.25, 0.3) is 0 Å². The summed E-state index contributed by atoms with van der Waals surface area (Å²) >= 11 is 0. The summed E-state index contributed by atoms with van der Waals surface area (Å²) in [4.78, 5) is 11.3. The Hall–Kier alpha value is -2.09. The molecule has 0 bridgehead atoms. The minimum atomic E-state index is -3.34. The summed E-state index contributed by atoms with van der Waals surface area (Å²) in [6.45, 7) is 0.168. The fourth-order valence-electron chi connectivity index (χ4n) is 1.39. The van der Waals surface area contributed by atoms with Gasteiger partial charge in [-0.1, -0.05) is 23.4 Å². The number of rotatable bonds is 5. The highest BCUT2D eigenvalue weighted by atomic mass is 32.2. The fraction of sp³-hybridized carbons (Fsp3) is 0.273. The minimum Gasteiger partial charge on any atom is -0.409 e. The van der Waals surface area contributed by atoms with E-state index in [1.165, 1.54) is 0 Å². The van der Waals surface area contributed by atoms with E-state index < -0.39 is 21.5 Å². The number of carbonyl (C=O) groups excluding carboxylic acids is 1. The van der Waals surface area contributed by atoms with Gasteiger partial charge in [-0.05, 0) is 11.6 Å². The zero-order valence-corrected chi connectivity index (χ0v) is 11.1. The van der Waals surface area contributed by atoms with Crippen LogP contribution in [-0.4, -0.2) is 37.4 Å². The van der Waals surface area contributed by atoms with Gasteiger partial charge in [-0.15, -0.1) is 0 Å². The summed E-state index contributed by atoms with van der Waals surface area (Å²) in [5, 5.41) is 13.9. The van der Waals surface area contributed by atoms with Crippen LogP contribution in [0.4, 0.5) is 0 Å². The van der Waals surface area contributed by atoms with Crippen molar-refractivity contribution in [2.45, 2.75) is 6.54 Å². The molecule has 0 fully saturated rings. The molecule has 0 unspecified atom stereocenters. The maximum Gasteiger partial charge on any atom is 0.235 e. The van der Waals surface area contributed by atoms with Crippen LogP contribution in [0.15, 0.2) is 29.4 Å². The number of benzene rings is 1. The van der Waals surface area contributed by atoms with Gasteiger partial charge in [0.1, 0.15) is 5.75 Å². The first kappa shape index (κ1) is 15.0. The lowest BCUT2D eigenvalue weighted by molar-refractivity contribution is -0.118. The summed E-state index contributed by atoms with van der Waals surface area (Å²) in [5.41, 5.74) is 6.66. The molecule has 19 heavy (non-hydrogen) atoms. The van der Waals surface area contributed by atoms with Gasteiger partial charge in [0.15, 0.2) is 15.7 Å². The molecule has 0 saturated carbocycles. The molecule has 8 heteroatoms. The molecule has 0 aromatic heterocycles. The lowest BCUT2D eigenvalue weighted by Crippen LogP contribution is -2.29. The van der Waals surface area contributed by atoms with E-state index in [2.05, 4.69) is 10.5 Å². The summed E-state index contributed by atoms with van der Waals surface area (Å²) in [7, 11) is -3.34. The number of amidine groups is 1. The van der Waals surface area contributed by atoms with Crippen molar-refractivity contribution in [3.63, 3.8) is 0 Å². The van der Waals surface area contributed by atoms with E-state index in [9.17, 15) is 13.2 Å². The molecule has 0 aliphatic rings. The summed E-state index contributed by atoms with van der Waals surface area (Å²) in [6.07, 6.45) is 0.992. The summed E-state index contributed by atoms with van der Waals surface area (Å²) < 4.78 is 21.8. The molecule has 1 rings (SSSR count). The molecule has 0 heterocycles. The Balaban J connectivity index is 2.66. The first-order valence-electron chi connectivity index (χ1n) is 5.33. The smallest absolute Gasteiger partial charge is 0.235 e. The number of nitrogens with zero attached hydrogens (tertiary/aromatic N) is 1. The number of nitrogens with one attached hydrogen (secondary N) is 1. The predicted molar refractivity (Wildman–Crippen MR) is 70.5 cm³/mol. The fourth-order valence-corrected chi connectivity index (χ4v) is 1.97. The number of nitrogens with two attached hydrogens (primary N) is 1. The zero-order chi connectivity index (χ0) is 14.5. The minimum absolute atomic E-state index is 0.0377. The van der Waals surface area contributed by atoms with E-state index >= 15 is 0 Å². The van der Waals surface area contributed by atoms with E-state index in [1.54, 1.807) is 24.3 Å². The molecule has 7 nitrogen and oxygen atoms in total. The Kier molecular flexibility index (Phi) is 4.87. The Morgan fingerprint density at radius 2 is 2.16 bits per heavy atom. The van der Waals surface area contributed by atoms with Crippen molar-refractivity contribution < 1.29 is 18.4 Å². The Morgan fingerprint density at radius 1 is 1.47 bits per heavy atom. The van der Waals surface area contributed by atoms with E-state index in [4.69, 9.17) is 10.9 Å². The number of oxime groups is 1. The third kappa shape index (κ3) is 5.38. The second-order valence-electron chi connectivity index (χ2n) is 4.03. The second kappa shape index (κ2) is 6.19. The number of hydrogen-bond acceptors (Lipinski definition) is 5.